The minimum atomic E-state index is 0.773. The van der Waals surface area contributed by atoms with Crippen molar-refractivity contribution < 1.29 is 4.52 Å². The number of nitrogens with zero attached hydrogens (tertiary/aromatic N) is 2. The summed E-state index contributed by atoms with van der Waals surface area (Å²) in [5.74, 6) is 0.773. The Kier molecular flexibility index (Phi) is 3.21. The van der Waals surface area contributed by atoms with Crippen molar-refractivity contribution in [1.29, 1.82) is 0 Å². The van der Waals surface area contributed by atoms with E-state index in [2.05, 4.69) is 40.6 Å². The van der Waals surface area contributed by atoms with Crippen LogP contribution in [0, 0.1) is 13.8 Å². The van der Waals surface area contributed by atoms with Crippen LogP contribution >= 0.6 is 0 Å². The van der Waals surface area contributed by atoms with Crippen molar-refractivity contribution in [2.75, 3.05) is 5.32 Å². The number of anilines is 2. The first-order valence-corrected chi connectivity index (χ1v) is 6.44. The van der Waals surface area contributed by atoms with Gasteiger partial charge in [0.1, 0.15) is 23.5 Å². The lowest BCUT2D eigenvalue weighted by atomic mass is 10.1. The van der Waals surface area contributed by atoms with E-state index in [-0.39, 0.29) is 0 Å². The van der Waals surface area contributed by atoms with Crippen molar-refractivity contribution in [3.63, 3.8) is 0 Å². The number of nitrogens with one attached hydrogen (secondary N) is 1. The SMILES string of the molecule is Cc1cccc(-c2cccc(Nc3conc3C)n2)c1. The molecule has 1 N–H and O–H groups in total. The quantitative estimate of drug-likeness (QED) is 0.774. The van der Waals surface area contributed by atoms with E-state index in [4.69, 9.17) is 4.52 Å². The van der Waals surface area contributed by atoms with Crippen molar-refractivity contribution in [3.8, 4) is 11.3 Å². The molecule has 4 heteroatoms. The van der Waals surface area contributed by atoms with Crippen LogP contribution in [0.4, 0.5) is 11.5 Å². The Morgan fingerprint density at radius 2 is 1.90 bits per heavy atom. The largest absolute Gasteiger partial charge is 0.362 e. The van der Waals surface area contributed by atoms with Crippen LogP contribution in [-0.2, 0) is 0 Å². The second kappa shape index (κ2) is 5.17. The number of aromatic nitrogens is 2. The lowest BCUT2D eigenvalue weighted by Crippen LogP contribution is -1.95. The lowest BCUT2D eigenvalue weighted by Gasteiger charge is -2.06. The Morgan fingerprint density at radius 1 is 1.05 bits per heavy atom. The first-order chi connectivity index (χ1) is 9.72. The average Bonchev–Trinajstić information content (AvgIpc) is 2.85. The first kappa shape index (κ1) is 12.4. The van der Waals surface area contributed by atoms with Gasteiger partial charge in [-0.1, -0.05) is 35.0 Å². The van der Waals surface area contributed by atoms with Gasteiger partial charge >= 0.3 is 0 Å². The summed E-state index contributed by atoms with van der Waals surface area (Å²) in [7, 11) is 0. The van der Waals surface area contributed by atoms with Crippen molar-refractivity contribution in [2.45, 2.75) is 13.8 Å². The predicted molar refractivity (Wildman–Crippen MR) is 78.9 cm³/mol. The molecule has 0 fully saturated rings. The molecule has 0 saturated heterocycles. The molecule has 100 valence electrons. The summed E-state index contributed by atoms with van der Waals surface area (Å²) in [6, 6.07) is 14.2. The predicted octanol–water partition coefficient (Wildman–Crippen LogP) is 4.10. The van der Waals surface area contributed by atoms with Crippen LogP contribution in [0.15, 0.2) is 53.3 Å². The number of pyridine rings is 1. The van der Waals surface area contributed by atoms with Crippen LogP contribution in [0.1, 0.15) is 11.3 Å². The fourth-order valence-electron chi connectivity index (χ4n) is 2.02. The van der Waals surface area contributed by atoms with Crippen LogP contribution in [-0.4, -0.2) is 10.1 Å². The molecule has 3 rings (SSSR count). The van der Waals surface area contributed by atoms with Crippen molar-refractivity contribution >= 4 is 11.5 Å². The van der Waals surface area contributed by atoms with Gasteiger partial charge in [-0.25, -0.2) is 4.98 Å². The van der Waals surface area contributed by atoms with Gasteiger partial charge in [-0.05, 0) is 32.0 Å². The molecular weight excluding hydrogens is 250 g/mol. The van der Waals surface area contributed by atoms with E-state index in [1.165, 1.54) is 5.56 Å². The first-order valence-electron chi connectivity index (χ1n) is 6.44. The lowest BCUT2D eigenvalue weighted by molar-refractivity contribution is 0.415. The third-order valence-electron chi connectivity index (χ3n) is 3.08. The van der Waals surface area contributed by atoms with Crippen LogP contribution in [0.5, 0.6) is 0 Å². The molecule has 2 aromatic heterocycles. The zero-order valence-electron chi connectivity index (χ0n) is 11.4. The van der Waals surface area contributed by atoms with Gasteiger partial charge in [-0.2, -0.15) is 0 Å². The van der Waals surface area contributed by atoms with E-state index < -0.39 is 0 Å². The fraction of sp³-hybridized carbons (Fsp3) is 0.125. The topological polar surface area (TPSA) is 51.0 Å². The minimum Gasteiger partial charge on any atom is -0.362 e. The van der Waals surface area contributed by atoms with Gasteiger partial charge in [-0.3, -0.25) is 0 Å². The zero-order chi connectivity index (χ0) is 13.9. The summed E-state index contributed by atoms with van der Waals surface area (Å²) < 4.78 is 4.91. The second-order valence-electron chi connectivity index (χ2n) is 4.72. The Bertz CT molecular complexity index is 734. The number of rotatable bonds is 3. The number of aryl methyl sites for hydroxylation is 2. The van der Waals surface area contributed by atoms with E-state index in [1.54, 1.807) is 6.26 Å². The molecule has 0 bridgehead atoms. The molecule has 3 aromatic rings. The van der Waals surface area contributed by atoms with Crippen LogP contribution in [0.2, 0.25) is 0 Å². The monoisotopic (exact) mass is 265 g/mol. The van der Waals surface area contributed by atoms with Gasteiger partial charge in [0.05, 0.1) is 5.69 Å². The molecule has 1 aromatic carbocycles. The molecule has 0 amide bonds. The zero-order valence-corrected chi connectivity index (χ0v) is 11.4. The molecule has 0 unspecified atom stereocenters. The van der Waals surface area contributed by atoms with Crippen molar-refractivity contribution in [2.24, 2.45) is 0 Å². The second-order valence-corrected chi connectivity index (χ2v) is 4.72. The smallest absolute Gasteiger partial charge is 0.147 e. The summed E-state index contributed by atoms with van der Waals surface area (Å²) >= 11 is 0. The molecular formula is C16H15N3O. The molecule has 0 saturated carbocycles. The van der Waals surface area contributed by atoms with Crippen LogP contribution in [0.3, 0.4) is 0 Å². The fourth-order valence-corrected chi connectivity index (χ4v) is 2.02. The number of benzene rings is 1. The third-order valence-corrected chi connectivity index (χ3v) is 3.08. The van der Waals surface area contributed by atoms with Crippen LogP contribution in [0.25, 0.3) is 11.3 Å². The van der Waals surface area contributed by atoms with E-state index in [0.29, 0.717) is 0 Å². The molecule has 0 aliphatic heterocycles. The van der Waals surface area contributed by atoms with E-state index in [9.17, 15) is 0 Å². The van der Waals surface area contributed by atoms with E-state index in [1.807, 2.05) is 31.2 Å². The maximum absolute atomic E-state index is 4.91. The Labute approximate surface area is 117 Å². The molecule has 0 atom stereocenters. The molecule has 0 radical (unpaired) electrons. The van der Waals surface area contributed by atoms with Gasteiger partial charge in [-0.15, -0.1) is 0 Å². The minimum absolute atomic E-state index is 0.773. The third kappa shape index (κ3) is 2.54. The Balaban J connectivity index is 1.92. The highest BCUT2D eigenvalue weighted by atomic mass is 16.5. The van der Waals surface area contributed by atoms with Crippen LogP contribution < -0.4 is 5.32 Å². The molecule has 2 heterocycles. The number of hydrogen-bond donors (Lipinski definition) is 1. The number of hydrogen-bond acceptors (Lipinski definition) is 4. The maximum Gasteiger partial charge on any atom is 0.147 e. The van der Waals surface area contributed by atoms with E-state index in [0.717, 1.165) is 28.5 Å². The van der Waals surface area contributed by atoms with Gasteiger partial charge in [0, 0.05) is 5.56 Å². The summed E-state index contributed by atoms with van der Waals surface area (Å²) in [5, 5.41) is 7.05. The van der Waals surface area contributed by atoms with Gasteiger partial charge in [0.25, 0.3) is 0 Å². The summed E-state index contributed by atoms with van der Waals surface area (Å²) in [6.07, 6.45) is 1.58. The van der Waals surface area contributed by atoms with Gasteiger partial charge in [0.2, 0.25) is 0 Å². The average molecular weight is 265 g/mol. The highest BCUT2D eigenvalue weighted by molar-refractivity contribution is 5.64. The van der Waals surface area contributed by atoms with Crippen molar-refractivity contribution in [1.82, 2.24) is 10.1 Å². The summed E-state index contributed by atoms with van der Waals surface area (Å²) in [6.45, 7) is 3.96. The highest BCUT2D eigenvalue weighted by Gasteiger charge is 2.05. The molecule has 0 spiro atoms. The van der Waals surface area contributed by atoms with Crippen molar-refractivity contribution in [3.05, 3.63) is 60.0 Å². The summed E-state index contributed by atoms with van der Waals surface area (Å²) in [5.41, 5.74) is 4.91. The Morgan fingerprint density at radius 3 is 2.65 bits per heavy atom. The van der Waals surface area contributed by atoms with Gasteiger partial charge in [0.15, 0.2) is 0 Å². The Hall–Kier alpha value is -2.62. The summed E-state index contributed by atoms with van der Waals surface area (Å²) in [4.78, 5) is 4.62. The molecule has 0 aliphatic rings. The molecule has 0 aliphatic carbocycles. The highest BCUT2D eigenvalue weighted by Crippen LogP contribution is 2.22. The normalized spacial score (nSPS) is 10.5. The molecule has 4 nitrogen and oxygen atoms in total. The standard InChI is InChI=1S/C16H15N3O/c1-11-5-3-6-13(9-11)14-7-4-8-16(17-14)18-15-10-20-19-12(15)2/h3-10H,1-2H3,(H,17,18). The molecule has 20 heavy (non-hydrogen) atoms. The van der Waals surface area contributed by atoms with Gasteiger partial charge < -0.3 is 9.84 Å². The maximum atomic E-state index is 4.91. The van der Waals surface area contributed by atoms with E-state index >= 15 is 0 Å².